The van der Waals surface area contributed by atoms with Crippen molar-refractivity contribution in [3.63, 3.8) is 0 Å². The topological polar surface area (TPSA) is 113 Å². The lowest BCUT2D eigenvalue weighted by atomic mass is 9.95. The number of piperidine rings is 1. The summed E-state index contributed by atoms with van der Waals surface area (Å²) in [5.41, 5.74) is 0.133. The van der Waals surface area contributed by atoms with Crippen LogP contribution in [-0.4, -0.2) is 40.7 Å². The van der Waals surface area contributed by atoms with Crippen LogP contribution in [0, 0.1) is 13.8 Å². The first-order valence-electron chi connectivity index (χ1n) is 8.56. The molecule has 1 aliphatic heterocycles. The number of hydrogen-bond acceptors (Lipinski definition) is 6. The monoisotopic (exact) mass is 417 g/mol. The summed E-state index contributed by atoms with van der Waals surface area (Å²) in [4.78, 5) is 28.8. The van der Waals surface area contributed by atoms with Gasteiger partial charge in [0.15, 0.2) is 5.82 Å². The Labute approximate surface area is 169 Å². The van der Waals surface area contributed by atoms with Gasteiger partial charge in [0.25, 0.3) is 5.91 Å². The van der Waals surface area contributed by atoms with E-state index in [9.17, 15) is 9.59 Å². The summed E-state index contributed by atoms with van der Waals surface area (Å²) in [5, 5.41) is 12.8. The second-order valence-electron chi connectivity index (χ2n) is 6.38. The van der Waals surface area contributed by atoms with Gasteiger partial charge in [0.1, 0.15) is 17.1 Å². The van der Waals surface area contributed by atoms with Gasteiger partial charge in [-0.3, -0.25) is 9.89 Å². The molecule has 27 heavy (non-hydrogen) atoms. The van der Waals surface area contributed by atoms with E-state index in [1.807, 2.05) is 13.0 Å². The maximum Gasteiger partial charge on any atom is 0.349 e. The Morgan fingerprint density at radius 1 is 1.37 bits per heavy atom. The van der Waals surface area contributed by atoms with E-state index in [1.54, 1.807) is 6.92 Å². The predicted molar refractivity (Wildman–Crippen MR) is 106 cm³/mol. The first-order chi connectivity index (χ1) is 12.0. The molecular weight excluding hydrogens is 393 g/mol. The molecular formula is C17H25Cl2N5O3. The van der Waals surface area contributed by atoms with Crippen molar-refractivity contribution < 1.29 is 9.21 Å². The lowest BCUT2D eigenvalue weighted by molar-refractivity contribution is 0.0948. The molecule has 3 rings (SSSR count). The van der Waals surface area contributed by atoms with E-state index in [2.05, 4.69) is 25.8 Å². The molecule has 1 saturated heterocycles. The van der Waals surface area contributed by atoms with Crippen molar-refractivity contribution in [2.24, 2.45) is 0 Å². The van der Waals surface area contributed by atoms with Gasteiger partial charge in [0.2, 0.25) is 0 Å². The van der Waals surface area contributed by atoms with Crippen molar-refractivity contribution >= 4 is 30.7 Å². The summed E-state index contributed by atoms with van der Waals surface area (Å²) in [7, 11) is 0. The van der Waals surface area contributed by atoms with Crippen LogP contribution in [-0.2, 0) is 6.42 Å². The van der Waals surface area contributed by atoms with Gasteiger partial charge < -0.3 is 15.1 Å². The number of aromatic nitrogens is 3. The Balaban J connectivity index is 0.00000182. The van der Waals surface area contributed by atoms with E-state index < -0.39 is 11.5 Å². The number of carbonyl (C=O) groups is 1. The predicted octanol–water partition coefficient (Wildman–Crippen LogP) is 1.66. The van der Waals surface area contributed by atoms with Crippen LogP contribution in [0.1, 0.15) is 52.1 Å². The number of halogens is 2. The first-order valence-corrected chi connectivity index (χ1v) is 8.56. The molecule has 1 amide bonds. The summed E-state index contributed by atoms with van der Waals surface area (Å²) in [6.07, 6.45) is 2.53. The summed E-state index contributed by atoms with van der Waals surface area (Å²) in [6.45, 7) is 5.72. The van der Waals surface area contributed by atoms with Crippen LogP contribution in [0.5, 0.6) is 0 Å². The van der Waals surface area contributed by atoms with E-state index in [-0.39, 0.29) is 36.3 Å². The molecule has 2 aromatic rings. The van der Waals surface area contributed by atoms with Gasteiger partial charge in [-0.2, -0.15) is 5.10 Å². The second kappa shape index (κ2) is 10.4. The molecule has 10 heteroatoms. The lowest BCUT2D eigenvalue weighted by Gasteiger charge is -2.22. The fourth-order valence-electron chi connectivity index (χ4n) is 3.08. The van der Waals surface area contributed by atoms with Crippen LogP contribution in [0.3, 0.4) is 0 Å². The van der Waals surface area contributed by atoms with Gasteiger partial charge in [0.05, 0.1) is 0 Å². The standard InChI is InChI=1S/C17H23N5O3.2ClH/c1-10-8-13(12-4-3-6-18-9-12)25-17(24)15(10)16(23)19-7-5-14-20-11(2)21-22-14;;/h8,12,18H,3-7,9H2,1-2H3,(H,19,23)(H,20,21,22);2*1H. The van der Waals surface area contributed by atoms with Crippen molar-refractivity contribution in [2.75, 3.05) is 19.6 Å². The van der Waals surface area contributed by atoms with E-state index in [4.69, 9.17) is 4.42 Å². The van der Waals surface area contributed by atoms with Crippen molar-refractivity contribution in [1.82, 2.24) is 25.8 Å². The third-order valence-corrected chi connectivity index (χ3v) is 4.37. The quantitative estimate of drug-likeness (QED) is 0.681. The Kier molecular flexibility index (Phi) is 8.95. The van der Waals surface area contributed by atoms with Crippen LogP contribution in [0.25, 0.3) is 0 Å². The van der Waals surface area contributed by atoms with Crippen LogP contribution < -0.4 is 16.3 Å². The van der Waals surface area contributed by atoms with E-state index >= 15 is 0 Å². The van der Waals surface area contributed by atoms with Crippen molar-refractivity contribution in [3.05, 3.63) is 45.0 Å². The van der Waals surface area contributed by atoms with Gasteiger partial charge in [0, 0.05) is 25.4 Å². The number of amides is 1. The molecule has 1 fully saturated rings. The van der Waals surface area contributed by atoms with Gasteiger partial charge in [-0.25, -0.2) is 9.78 Å². The zero-order valence-electron chi connectivity index (χ0n) is 15.3. The Bertz CT molecular complexity index is 815. The van der Waals surface area contributed by atoms with Gasteiger partial charge in [-0.05, 0) is 44.9 Å². The molecule has 0 bridgehead atoms. The van der Waals surface area contributed by atoms with Crippen molar-refractivity contribution in [1.29, 1.82) is 0 Å². The maximum absolute atomic E-state index is 12.3. The summed E-state index contributed by atoms with van der Waals surface area (Å²) < 4.78 is 5.43. The highest BCUT2D eigenvalue weighted by Gasteiger charge is 2.22. The van der Waals surface area contributed by atoms with Crippen LogP contribution >= 0.6 is 24.8 Å². The van der Waals surface area contributed by atoms with Crippen LogP contribution in [0.15, 0.2) is 15.3 Å². The Morgan fingerprint density at radius 2 is 2.15 bits per heavy atom. The molecule has 0 radical (unpaired) electrons. The fraction of sp³-hybridized carbons (Fsp3) is 0.529. The molecule has 0 aromatic carbocycles. The molecule has 150 valence electrons. The second-order valence-corrected chi connectivity index (χ2v) is 6.38. The van der Waals surface area contributed by atoms with Crippen molar-refractivity contribution in [3.8, 4) is 0 Å². The number of nitrogens with zero attached hydrogens (tertiary/aromatic N) is 2. The van der Waals surface area contributed by atoms with Crippen molar-refractivity contribution in [2.45, 2.75) is 39.0 Å². The molecule has 0 spiro atoms. The number of hydrogen-bond donors (Lipinski definition) is 3. The molecule has 1 atom stereocenters. The largest absolute Gasteiger partial charge is 0.427 e. The summed E-state index contributed by atoms with van der Waals surface area (Å²) in [5.74, 6) is 1.77. The maximum atomic E-state index is 12.3. The Hall–Kier alpha value is -1.90. The molecule has 0 aliphatic carbocycles. The summed E-state index contributed by atoms with van der Waals surface area (Å²) in [6, 6.07) is 1.81. The molecule has 2 aromatic heterocycles. The minimum absolute atomic E-state index is 0. The number of nitrogens with one attached hydrogen (secondary N) is 3. The molecule has 1 aliphatic rings. The zero-order chi connectivity index (χ0) is 17.8. The minimum atomic E-state index is -0.577. The molecule has 1 unspecified atom stereocenters. The number of rotatable bonds is 5. The van der Waals surface area contributed by atoms with E-state index in [0.717, 1.165) is 31.8 Å². The number of aryl methyl sites for hydroxylation is 2. The smallest absolute Gasteiger partial charge is 0.349 e. The van der Waals surface area contributed by atoms with Gasteiger partial charge in [-0.15, -0.1) is 24.8 Å². The van der Waals surface area contributed by atoms with E-state index in [1.165, 1.54) is 0 Å². The van der Waals surface area contributed by atoms with Gasteiger partial charge >= 0.3 is 5.63 Å². The van der Waals surface area contributed by atoms with Crippen LogP contribution in [0.2, 0.25) is 0 Å². The minimum Gasteiger partial charge on any atom is -0.427 e. The zero-order valence-corrected chi connectivity index (χ0v) is 17.0. The number of carbonyl (C=O) groups excluding carboxylic acids is 1. The average molecular weight is 418 g/mol. The average Bonchev–Trinajstić information content (AvgIpc) is 3.00. The highest BCUT2D eigenvalue weighted by Crippen LogP contribution is 2.23. The highest BCUT2D eigenvalue weighted by atomic mass is 35.5. The number of H-pyrrole nitrogens is 1. The highest BCUT2D eigenvalue weighted by molar-refractivity contribution is 5.95. The summed E-state index contributed by atoms with van der Waals surface area (Å²) >= 11 is 0. The SMILES string of the molecule is Cc1nc(CCNC(=O)c2c(C)cc(C3CCCNC3)oc2=O)n[nH]1.Cl.Cl. The third-order valence-electron chi connectivity index (χ3n) is 4.37. The number of aromatic amines is 1. The van der Waals surface area contributed by atoms with Crippen LogP contribution in [0.4, 0.5) is 0 Å². The molecule has 8 nitrogen and oxygen atoms in total. The molecule has 3 N–H and O–H groups in total. The van der Waals surface area contributed by atoms with E-state index in [0.29, 0.717) is 30.1 Å². The fourth-order valence-corrected chi connectivity index (χ4v) is 3.08. The lowest BCUT2D eigenvalue weighted by Crippen LogP contribution is -2.32. The molecule has 0 saturated carbocycles. The first kappa shape index (κ1) is 23.1. The third kappa shape index (κ3) is 5.79. The van der Waals surface area contributed by atoms with Gasteiger partial charge in [-0.1, -0.05) is 0 Å². The normalized spacial score (nSPS) is 16.1. The molecule has 3 heterocycles. The Morgan fingerprint density at radius 3 is 2.74 bits per heavy atom.